The standard InChI is InChI=1S/C9H15NO2/c1-12-9(11)6-5-8-4-2-3-7-10-8/h5-6,8,10H,2-4,7H2,1H3/b6-5+/t8-/m1/s1. The Morgan fingerprint density at radius 3 is 3.00 bits per heavy atom. The van der Waals surface area contributed by atoms with Crippen molar-refractivity contribution >= 4 is 5.97 Å². The third-order valence-electron chi connectivity index (χ3n) is 2.01. The van der Waals surface area contributed by atoms with Crippen LogP contribution >= 0.6 is 0 Å². The molecule has 0 saturated carbocycles. The van der Waals surface area contributed by atoms with Gasteiger partial charge in [0.1, 0.15) is 0 Å². The van der Waals surface area contributed by atoms with Gasteiger partial charge in [-0.1, -0.05) is 12.5 Å². The fourth-order valence-corrected chi connectivity index (χ4v) is 1.31. The fraction of sp³-hybridized carbons (Fsp3) is 0.667. The molecule has 1 heterocycles. The molecule has 0 aromatic heterocycles. The van der Waals surface area contributed by atoms with Gasteiger partial charge >= 0.3 is 5.97 Å². The van der Waals surface area contributed by atoms with Gasteiger partial charge in [0.15, 0.2) is 0 Å². The highest BCUT2D eigenvalue weighted by Crippen LogP contribution is 2.07. The van der Waals surface area contributed by atoms with Crippen LogP contribution in [0.3, 0.4) is 0 Å². The molecule has 1 rings (SSSR count). The molecule has 1 atom stereocenters. The molecule has 0 amide bonds. The van der Waals surface area contributed by atoms with Crippen molar-refractivity contribution in [1.29, 1.82) is 0 Å². The van der Waals surface area contributed by atoms with Crippen molar-refractivity contribution in [3.8, 4) is 0 Å². The number of carbonyl (C=O) groups excluding carboxylic acids is 1. The van der Waals surface area contributed by atoms with Gasteiger partial charge in [0.25, 0.3) is 0 Å². The van der Waals surface area contributed by atoms with Crippen molar-refractivity contribution in [2.24, 2.45) is 0 Å². The SMILES string of the molecule is COC(=O)/C=C/[C@H]1CCCCN1. The number of rotatable bonds is 2. The van der Waals surface area contributed by atoms with Gasteiger partial charge in [-0.25, -0.2) is 4.79 Å². The minimum atomic E-state index is -0.276. The molecule has 1 aliphatic heterocycles. The lowest BCUT2D eigenvalue weighted by molar-refractivity contribution is -0.134. The zero-order valence-electron chi connectivity index (χ0n) is 7.38. The molecule has 0 aromatic rings. The third kappa shape index (κ3) is 3.05. The number of hydrogen-bond acceptors (Lipinski definition) is 3. The molecule has 0 aliphatic carbocycles. The van der Waals surface area contributed by atoms with Crippen LogP contribution in [0.4, 0.5) is 0 Å². The Balaban J connectivity index is 2.28. The number of hydrogen-bond donors (Lipinski definition) is 1. The Morgan fingerprint density at radius 1 is 1.58 bits per heavy atom. The number of methoxy groups -OCH3 is 1. The highest BCUT2D eigenvalue weighted by Gasteiger charge is 2.08. The molecule has 68 valence electrons. The molecule has 0 radical (unpaired) electrons. The molecule has 1 N–H and O–H groups in total. The predicted octanol–water partition coefficient (Wildman–Crippen LogP) is 0.858. The van der Waals surface area contributed by atoms with Gasteiger partial charge in [-0.05, 0) is 19.4 Å². The molecule has 0 aromatic carbocycles. The summed E-state index contributed by atoms with van der Waals surface area (Å²) < 4.78 is 4.49. The van der Waals surface area contributed by atoms with Crippen molar-refractivity contribution in [1.82, 2.24) is 5.32 Å². The predicted molar refractivity (Wildman–Crippen MR) is 46.8 cm³/mol. The van der Waals surface area contributed by atoms with Crippen LogP contribution in [0.5, 0.6) is 0 Å². The summed E-state index contributed by atoms with van der Waals surface area (Å²) in [5.41, 5.74) is 0. The smallest absolute Gasteiger partial charge is 0.330 e. The highest BCUT2D eigenvalue weighted by molar-refractivity contribution is 5.81. The van der Waals surface area contributed by atoms with Gasteiger partial charge in [-0.2, -0.15) is 0 Å². The lowest BCUT2D eigenvalue weighted by Gasteiger charge is -2.19. The van der Waals surface area contributed by atoms with E-state index in [1.54, 1.807) is 0 Å². The molecule has 3 nitrogen and oxygen atoms in total. The van der Waals surface area contributed by atoms with Crippen LogP contribution in [0.2, 0.25) is 0 Å². The Kier molecular flexibility index (Phi) is 3.80. The Hall–Kier alpha value is -0.830. The molecule has 1 saturated heterocycles. The van der Waals surface area contributed by atoms with Gasteiger partial charge in [-0.15, -0.1) is 0 Å². The maximum atomic E-state index is 10.7. The van der Waals surface area contributed by atoms with Crippen LogP contribution in [-0.2, 0) is 9.53 Å². The summed E-state index contributed by atoms with van der Waals surface area (Å²) in [5, 5.41) is 3.30. The average Bonchev–Trinajstić information content (AvgIpc) is 2.16. The largest absolute Gasteiger partial charge is 0.466 e. The van der Waals surface area contributed by atoms with E-state index in [0.717, 1.165) is 13.0 Å². The van der Waals surface area contributed by atoms with Crippen molar-refractivity contribution in [2.75, 3.05) is 13.7 Å². The van der Waals surface area contributed by atoms with Crippen molar-refractivity contribution in [3.63, 3.8) is 0 Å². The second kappa shape index (κ2) is 4.93. The molecule has 12 heavy (non-hydrogen) atoms. The van der Waals surface area contributed by atoms with Gasteiger partial charge in [0.2, 0.25) is 0 Å². The average molecular weight is 169 g/mol. The summed E-state index contributed by atoms with van der Waals surface area (Å²) >= 11 is 0. The third-order valence-corrected chi connectivity index (χ3v) is 2.01. The van der Waals surface area contributed by atoms with Gasteiger partial charge in [-0.3, -0.25) is 0 Å². The summed E-state index contributed by atoms with van der Waals surface area (Å²) in [6.07, 6.45) is 6.97. The second-order valence-corrected chi connectivity index (χ2v) is 2.94. The van der Waals surface area contributed by atoms with E-state index >= 15 is 0 Å². The van der Waals surface area contributed by atoms with Gasteiger partial charge < -0.3 is 10.1 Å². The van der Waals surface area contributed by atoms with E-state index < -0.39 is 0 Å². The normalized spacial score (nSPS) is 24.2. The van der Waals surface area contributed by atoms with E-state index in [0.29, 0.717) is 6.04 Å². The fourth-order valence-electron chi connectivity index (χ4n) is 1.31. The van der Waals surface area contributed by atoms with Crippen LogP contribution in [-0.4, -0.2) is 25.7 Å². The molecule has 0 bridgehead atoms. The Labute approximate surface area is 72.8 Å². The zero-order valence-corrected chi connectivity index (χ0v) is 7.38. The lowest BCUT2D eigenvalue weighted by Crippen LogP contribution is -2.32. The molecule has 1 fully saturated rings. The summed E-state index contributed by atoms with van der Waals surface area (Å²) in [6.45, 7) is 1.05. The first-order valence-electron chi connectivity index (χ1n) is 4.32. The molecule has 3 heteroatoms. The van der Waals surface area contributed by atoms with Crippen molar-refractivity contribution in [3.05, 3.63) is 12.2 Å². The summed E-state index contributed by atoms with van der Waals surface area (Å²) in [6, 6.07) is 0.359. The molecule has 0 spiro atoms. The van der Waals surface area contributed by atoms with Crippen LogP contribution in [0, 0.1) is 0 Å². The molecule has 0 unspecified atom stereocenters. The first kappa shape index (κ1) is 9.26. The van der Waals surface area contributed by atoms with Crippen LogP contribution in [0.1, 0.15) is 19.3 Å². The second-order valence-electron chi connectivity index (χ2n) is 2.94. The first-order chi connectivity index (χ1) is 5.83. The summed E-state index contributed by atoms with van der Waals surface area (Å²) in [5.74, 6) is -0.276. The topological polar surface area (TPSA) is 38.3 Å². The number of piperidine rings is 1. The van der Waals surface area contributed by atoms with Crippen molar-refractivity contribution < 1.29 is 9.53 Å². The number of ether oxygens (including phenoxy) is 1. The van der Waals surface area contributed by atoms with E-state index in [-0.39, 0.29) is 5.97 Å². The summed E-state index contributed by atoms with van der Waals surface area (Å²) in [4.78, 5) is 10.7. The lowest BCUT2D eigenvalue weighted by atomic mass is 10.0. The van der Waals surface area contributed by atoms with Gasteiger partial charge in [0, 0.05) is 12.1 Å². The highest BCUT2D eigenvalue weighted by atomic mass is 16.5. The molecular weight excluding hydrogens is 154 g/mol. The minimum Gasteiger partial charge on any atom is -0.466 e. The number of esters is 1. The van der Waals surface area contributed by atoms with E-state index in [1.807, 2.05) is 6.08 Å². The number of carbonyl (C=O) groups is 1. The van der Waals surface area contributed by atoms with Crippen LogP contribution in [0.25, 0.3) is 0 Å². The first-order valence-corrected chi connectivity index (χ1v) is 4.32. The van der Waals surface area contributed by atoms with Gasteiger partial charge in [0.05, 0.1) is 7.11 Å². The Morgan fingerprint density at radius 2 is 2.42 bits per heavy atom. The molecular formula is C9H15NO2. The Bertz CT molecular complexity index is 171. The van der Waals surface area contributed by atoms with Crippen molar-refractivity contribution in [2.45, 2.75) is 25.3 Å². The minimum absolute atomic E-state index is 0.276. The summed E-state index contributed by atoms with van der Waals surface area (Å²) in [7, 11) is 1.39. The van der Waals surface area contributed by atoms with Crippen LogP contribution < -0.4 is 5.32 Å². The van der Waals surface area contributed by atoms with E-state index in [4.69, 9.17) is 0 Å². The quantitative estimate of drug-likeness (QED) is 0.492. The molecule has 1 aliphatic rings. The zero-order chi connectivity index (χ0) is 8.81. The monoisotopic (exact) mass is 169 g/mol. The maximum absolute atomic E-state index is 10.7. The van der Waals surface area contributed by atoms with E-state index in [2.05, 4.69) is 10.1 Å². The number of nitrogens with one attached hydrogen (secondary N) is 1. The van der Waals surface area contributed by atoms with Crippen LogP contribution in [0.15, 0.2) is 12.2 Å². The maximum Gasteiger partial charge on any atom is 0.330 e. The van der Waals surface area contributed by atoms with E-state index in [9.17, 15) is 4.79 Å². The van der Waals surface area contributed by atoms with E-state index in [1.165, 1.54) is 26.0 Å².